The van der Waals surface area contributed by atoms with Crippen LogP contribution in [-0.2, 0) is 4.79 Å². The largest absolute Gasteiger partial charge is 0.490 e. The van der Waals surface area contributed by atoms with E-state index < -0.39 is 0 Å². The van der Waals surface area contributed by atoms with Gasteiger partial charge >= 0.3 is 0 Å². The van der Waals surface area contributed by atoms with Gasteiger partial charge in [-0.3, -0.25) is 4.79 Å². The highest BCUT2D eigenvalue weighted by Crippen LogP contribution is 2.22. The summed E-state index contributed by atoms with van der Waals surface area (Å²) in [6, 6.07) is 7.32. The van der Waals surface area contributed by atoms with Crippen LogP contribution in [0.25, 0.3) is 0 Å². The van der Waals surface area contributed by atoms with E-state index in [0.717, 1.165) is 19.4 Å². The van der Waals surface area contributed by atoms with Gasteiger partial charge in [0.1, 0.15) is 12.4 Å². The van der Waals surface area contributed by atoms with Crippen LogP contribution in [0.2, 0.25) is 5.02 Å². The van der Waals surface area contributed by atoms with Gasteiger partial charge in [0.15, 0.2) is 0 Å². The van der Waals surface area contributed by atoms with Gasteiger partial charge in [0.05, 0.1) is 17.6 Å². The van der Waals surface area contributed by atoms with Gasteiger partial charge in [-0.15, -0.1) is 0 Å². The van der Waals surface area contributed by atoms with Crippen LogP contribution >= 0.6 is 11.6 Å². The Labute approximate surface area is 118 Å². The quantitative estimate of drug-likeness (QED) is 0.897. The molecule has 5 heteroatoms. The fourth-order valence-electron chi connectivity index (χ4n) is 2.13. The van der Waals surface area contributed by atoms with Crippen molar-refractivity contribution >= 4 is 17.5 Å². The van der Waals surface area contributed by atoms with Crippen molar-refractivity contribution in [3.05, 3.63) is 29.3 Å². The van der Waals surface area contributed by atoms with Crippen molar-refractivity contribution in [2.24, 2.45) is 0 Å². The zero-order valence-electron chi connectivity index (χ0n) is 11.1. The molecule has 1 aromatic carbocycles. The van der Waals surface area contributed by atoms with Crippen molar-refractivity contribution in [1.29, 1.82) is 0 Å². The summed E-state index contributed by atoms with van der Waals surface area (Å²) < 4.78 is 5.57. The number of amides is 1. The van der Waals surface area contributed by atoms with Crippen molar-refractivity contribution in [3.63, 3.8) is 0 Å². The average molecular weight is 283 g/mol. The van der Waals surface area contributed by atoms with Crippen LogP contribution in [0, 0.1) is 0 Å². The van der Waals surface area contributed by atoms with E-state index >= 15 is 0 Å². The Kier molecular flexibility index (Phi) is 5.05. The number of nitrogens with zero attached hydrogens (tertiary/aromatic N) is 1. The minimum atomic E-state index is -0.0229. The zero-order chi connectivity index (χ0) is 13.7. The summed E-state index contributed by atoms with van der Waals surface area (Å²) in [4.78, 5) is 13.7. The molecule has 1 heterocycles. The highest BCUT2D eigenvalue weighted by Gasteiger charge is 2.24. The molecule has 1 N–H and O–H groups in total. The van der Waals surface area contributed by atoms with Crippen LogP contribution in [0.1, 0.15) is 12.8 Å². The number of ether oxygens (including phenoxy) is 1. The standard InChI is InChI=1S/C14H19ClN2O2/c1-17(14(18)12-6-4-8-16-12)9-10-19-13-7-3-2-5-11(13)15/h2-3,5,7,12,16H,4,6,8-10H2,1H3/t12-/m0/s1. The molecule has 19 heavy (non-hydrogen) atoms. The molecule has 1 aliphatic heterocycles. The molecule has 0 saturated carbocycles. The van der Waals surface area contributed by atoms with Crippen molar-refractivity contribution in [2.75, 3.05) is 26.7 Å². The van der Waals surface area contributed by atoms with Gasteiger partial charge < -0.3 is 15.0 Å². The van der Waals surface area contributed by atoms with E-state index in [0.29, 0.717) is 23.9 Å². The number of hydrogen-bond donors (Lipinski definition) is 1. The Hall–Kier alpha value is -1.26. The number of nitrogens with one attached hydrogen (secondary N) is 1. The molecule has 1 aliphatic rings. The van der Waals surface area contributed by atoms with Crippen LogP contribution in [0.3, 0.4) is 0 Å². The lowest BCUT2D eigenvalue weighted by molar-refractivity contribution is -0.132. The molecule has 1 atom stereocenters. The van der Waals surface area contributed by atoms with E-state index in [1.54, 1.807) is 18.0 Å². The molecular formula is C14H19ClN2O2. The molecule has 1 aromatic rings. The van der Waals surface area contributed by atoms with Crippen LogP contribution < -0.4 is 10.1 Å². The maximum Gasteiger partial charge on any atom is 0.239 e. The third-order valence-corrected chi connectivity index (χ3v) is 3.57. The van der Waals surface area contributed by atoms with Gasteiger partial charge in [0.2, 0.25) is 5.91 Å². The van der Waals surface area contributed by atoms with E-state index in [4.69, 9.17) is 16.3 Å². The lowest BCUT2D eigenvalue weighted by Gasteiger charge is -2.21. The van der Waals surface area contributed by atoms with E-state index in [9.17, 15) is 4.79 Å². The van der Waals surface area contributed by atoms with Gasteiger partial charge in [0, 0.05) is 7.05 Å². The lowest BCUT2D eigenvalue weighted by Crippen LogP contribution is -2.43. The Morgan fingerprint density at radius 2 is 2.32 bits per heavy atom. The van der Waals surface area contributed by atoms with Gasteiger partial charge in [-0.05, 0) is 31.5 Å². The topological polar surface area (TPSA) is 41.6 Å². The predicted molar refractivity (Wildman–Crippen MR) is 75.6 cm³/mol. The molecule has 0 spiro atoms. The van der Waals surface area contributed by atoms with Gasteiger partial charge in [-0.25, -0.2) is 0 Å². The average Bonchev–Trinajstić information content (AvgIpc) is 2.94. The summed E-state index contributed by atoms with van der Waals surface area (Å²) in [5, 5.41) is 3.79. The molecule has 1 saturated heterocycles. The van der Waals surface area contributed by atoms with Crippen LogP contribution in [0.4, 0.5) is 0 Å². The zero-order valence-corrected chi connectivity index (χ0v) is 11.8. The summed E-state index contributed by atoms with van der Waals surface area (Å²) in [7, 11) is 1.80. The number of halogens is 1. The molecule has 0 radical (unpaired) electrons. The van der Waals surface area contributed by atoms with Crippen molar-refractivity contribution in [2.45, 2.75) is 18.9 Å². The Morgan fingerprint density at radius 1 is 1.53 bits per heavy atom. The highest BCUT2D eigenvalue weighted by atomic mass is 35.5. The molecule has 0 aromatic heterocycles. The SMILES string of the molecule is CN(CCOc1ccccc1Cl)C(=O)[C@@H]1CCCN1. The molecule has 2 rings (SSSR count). The molecule has 0 bridgehead atoms. The van der Waals surface area contributed by atoms with E-state index in [-0.39, 0.29) is 11.9 Å². The fraction of sp³-hybridized carbons (Fsp3) is 0.500. The van der Waals surface area contributed by atoms with Crippen LogP contribution in [-0.4, -0.2) is 43.6 Å². The van der Waals surface area contributed by atoms with E-state index in [1.165, 1.54) is 0 Å². The third kappa shape index (κ3) is 3.85. The van der Waals surface area contributed by atoms with E-state index in [2.05, 4.69) is 5.32 Å². The summed E-state index contributed by atoms with van der Waals surface area (Å²) in [5.41, 5.74) is 0. The first-order chi connectivity index (χ1) is 9.18. The normalized spacial score (nSPS) is 18.3. The second-order valence-electron chi connectivity index (χ2n) is 4.69. The molecule has 104 valence electrons. The van der Waals surface area contributed by atoms with Gasteiger partial charge in [0.25, 0.3) is 0 Å². The summed E-state index contributed by atoms with van der Waals surface area (Å²) in [5.74, 6) is 0.796. The predicted octanol–water partition coefficient (Wildman–Crippen LogP) is 1.93. The monoisotopic (exact) mass is 282 g/mol. The molecule has 0 unspecified atom stereocenters. The van der Waals surface area contributed by atoms with Gasteiger partial charge in [-0.1, -0.05) is 23.7 Å². The molecular weight excluding hydrogens is 264 g/mol. The summed E-state index contributed by atoms with van der Waals surface area (Å²) in [6.45, 7) is 1.93. The smallest absolute Gasteiger partial charge is 0.239 e. The second kappa shape index (κ2) is 6.78. The number of rotatable bonds is 5. The number of carbonyl (C=O) groups is 1. The first-order valence-corrected chi connectivity index (χ1v) is 6.92. The molecule has 1 amide bonds. The number of carbonyl (C=O) groups excluding carboxylic acids is 1. The lowest BCUT2D eigenvalue weighted by atomic mass is 10.2. The summed E-state index contributed by atoms with van der Waals surface area (Å²) >= 11 is 5.99. The Balaban J connectivity index is 1.76. The fourth-order valence-corrected chi connectivity index (χ4v) is 2.32. The van der Waals surface area contributed by atoms with Crippen molar-refractivity contribution in [1.82, 2.24) is 10.2 Å². The third-order valence-electron chi connectivity index (χ3n) is 3.26. The van der Waals surface area contributed by atoms with Crippen molar-refractivity contribution < 1.29 is 9.53 Å². The Bertz CT molecular complexity index is 433. The number of likely N-dealkylation sites (N-methyl/N-ethyl adjacent to an activating group) is 1. The molecule has 4 nitrogen and oxygen atoms in total. The van der Waals surface area contributed by atoms with Crippen molar-refractivity contribution in [3.8, 4) is 5.75 Å². The van der Waals surface area contributed by atoms with Gasteiger partial charge in [-0.2, -0.15) is 0 Å². The van der Waals surface area contributed by atoms with Crippen LogP contribution in [0.5, 0.6) is 5.75 Å². The number of benzene rings is 1. The van der Waals surface area contributed by atoms with E-state index in [1.807, 2.05) is 18.2 Å². The first-order valence-electron chi connectivity index (χ1n) is 6.54. The molecule has 1 fully saturated rings. The molecule has 0 aliphatic carbocycles. The summed E-state index contributed by atoms with van der Waals surface area (Å²) in [6.07, 6.45) is 1.99. The Morgan fingerprint density at radius 3 is 3.00 bits per heavy atom. The first kappa shape index (κ1) is 14.2. The maximum atomic E-state index is 12.0. The minimum absolute atomic E-state index is 0.0229. The van der Waals surface area contributed by atoms with Crippen LogP contribution in [0.15, 0.2) is 24.3 Å². The second-order valence-corrected chi connectivity index (χ2v) is 5.09. The number of hydrogen-bond acceptors (Lipinski definition) is 3. The minimum Gasteiger partial charge on any atom is -0.490 e. The maximum absolute atomic E-state index is 12.0. The number of para-hydroxylation sites is 1. The highest BCUT2D eigenvalue weighted by molar-refractivity contribution is 6.32.